The normalized spacial score (nSPS) is 17.1. The molecule has 4 rings (SSSR count). The van der Waals surface area contributed by atoms with Crippen LogP contribution in [-0.4, -0.2) is 22.6 Å². The highest BCUT2D eigenvalue weighted by Gasteiger charge is 2.35. The van der Waals surface area contributed by atoms with Crippen LogP contribution in [0.4, 0.5) is 10.1 Å². The summed E-state index contributed by atoms with van der Waals surface area (Å²) < 4.78 is 19.2. The zero-order valence-electron chi connectivity index (χ0n) is 13.9. The molecule has 26 heavy (non-hydrogen) atoms. The summed E-state index contributed by atoms with van der Waals surface area (Å²) in [7, 11) is 0. The molecule has 5 nitrogen and oxygen atoms in total. The van der Waals surface area contributed by atoms with Gasteiger partial charge in [-0.25, -0.2) is 4.39 Å². The molecule has 2 aromatic carbocycles. The quantitative estimate of drug-likeness (QED) is 0.686. The van der Waals surface area contributed by atoms with Crippen molar-refractivity contribution in [2.45, 2.75) is 19.3 Å². The monoisotopic (exact) mass is 371 g/mol. The third-order valence-electron chi connectivity index (χ3n) is 4.50. The van der Waals surface area contributed by atoms with Gasteiger partial charge >= 0.3 is 0 Å². The molecule has 1 aliphatic rings. The summed E-state index contributed by atoms with van der Waals surface area (Å²) in [5, 5.41) is 4.47. The molecule has 1 aromatic heterocycles. The van der Waals surface area contributed by atoms with Crippen molar-refractivity contribution in [3.8, 4) is 11.4 Å². The highest BCUT2D eigenvalue weighted by molar-refractivity contribution is 6.31. The number of carbonyl (C=O) groups is 1. The van der Waals surface area contributed by atoms with Crippen LogP contribution in [0.5, 0.6) is 0 Å². The number of anilines is 1. The van der Waals surface area contributed by atoms with Gasteiger partial charge in [-0.05, 0) is 36.8 Å². The molecule has 0 bridgehead atoms. The van der Waals surface area contributed by atoms with E-state index in [-0.39, 0.29) is 29.6 Å². The van der Waals surface area contributed by atoms with Gasteiger partial charge in [0.25, 0.3) is 0 Å². The highest BCUT2D eigenvalue weighted by atomic mass is 35.5. The van der Waals surface area contributed by atoms with Crippen molar-refractivity contribution in [2.75, 3.05) is 11.4 Å². The Morgan fingerprint density at radius 1 is 1.27 bits per heavy atom. The second kappa shape index (κ2) is 6.53. The van der Waals surface area contributed by atoms with Crippen LogP contribution in [0.2, 0.25) is 5.02 Å². The van der Waals surface area contributed by atoms with Crippen LogP contribution in [0.1, 0.15) is 23.8 Å². The summed E-state index contributed by atoms with van der Waals surface area (Å²) in [6, 6.07) is 11.7. The zero-order valence-corrected chi connectivity index (χ0v) is 14.7. The number of aryl methyl sites for hydroxylation is 1. The van der Waals surface area contributed by atoms with Crippen molar-refractivity contribution in [2.24, 2.45) is 0 Å². The Morgan fingerprint density at radius 3 is 2.85 bits per heavy atom. The first kappa shape index (κ1) is 16.7. The largest absolute Gasteiger partial charge is 0.339 e. The lowest BCUT2D eigenvalue weighted by molar-refractivity contribution is -0.117. The van der Waals surface area contributed by atoms with Gasteiger partial charge in [0, 0.05) is 23.7 Å². The topological polar surface area (TPSA) is 59.2 Å². The SMILES string of the molecule is Cc1ccc(N2C[C@H](c3nc(-c4ccccc4F)no3)CC2=O)cc1Cl. The van der Waals surface area contributed by atoms with Gasteiger partial charge in [-0.2, -0.15) is 4.98 Å². The van der Waals surface area contributed by atoms with Gasteiger partial charge in [0.05, 0.1) is 11.5 Å². The van der Waals surface area contributed by atoms with Gasteiger partial charge in [-0.1, -0.05) is 35.0 Å². The lowest BCUT2D eigenvalue weighted by Crippen LogP contribution is -2.24. The van der Waals surface area contributed by atoms with Gasteiger partial charge < -0.3 is 9.42 Å². The van der Waals surface area contributed by atoms with E-state index in [9.17, 15) is 9.18 Å². The van der Waals surface area contributed by atoms with E-state index in [1.165, 1.54) is 6.07 Å². The van der Waals surface area contributed by atoms with E-state index in [0.29, 0.717) is 17.5 Å². The maximum Gasteiger partial charge on any atom is 0.232 e. The van der Waals surface area contributed by atoms with Gasteiger partial charge in [0.15, 0.2) is 0 Å². The second-order valence-electron chi connectivity index (χ2n) is 6.27. The number of rotatable bonds is 3. The molecular formula is C19H15ClFN3O2. The Kier molecular flexibility index (Phi) is 4.20. The lowest BCUT2D eigenvalue weighted by Gasteiger charge is -2.17. The molecule has 0 radical (unpaired) electrons. The second-order valence-corrected chi connectivity index (χ2v) is 6.68. The highest BCUT2D eigenvalue weighted by Crippen LogP contribution is 2.33. The minimum atomic E-state index is -0.418. The van der Waals surface area contributed by atoms with E-state index in [2.05, 4.69) is 10.1 Å². The first-order valence-corrected chi connectivity index (χ1v) is 8.56. The molecule has 0 saturated carbocycles. The molecule has 0 aliphatic carbocycles. The number of benzene rings is 2. The molecule has 0 N–H and O–H groups in total. The summed E-state index contributed by atoms with van der Waals surface area (Å²) in [6.45, 7) is 2.32. The summed E-state index contributed by atoms with van der Waals surface area (Å²) >= 11 is 6.16. The van der Waals surface area contributed by atoms with Crippen molar-refractivity contribution < 1.29 is 13.7 Å². The Morgan fingerprint density at radius 2 is 2.08 bits per heavy atom. The van der Waals surface area contributed by atoms with Crippen molar-refractivity contribution in [3.05, 3.63) is 64.8 Å². The fraction of sp³-hybridized carbons (Fsp3) is 0.211. The standard InChI is InChI=1S/C19H15ClFN3O2/c1-11-6-7-13(9-15(11)20)24-10-12(8-17(24)25)19-22-18(23-26-19)14-4-2-3-5-16(14)21/h2-7,9,12H,8,10H2,1H3/t12-/m1/s1. The first-order valence-electron chi connectivity index (χ1n) is 8.18. The van der Waals surface area contributed by atoms with Crippen molar-refractivity contribution in [1.29, 1.82) is 0 Å². The molecule has 132 valence electrons. The summed E-state index contributed by atoms with van der Waals surface area (Å²) in [5.41, 5.74) is 1.96. The van der Waals surface area contributed by atoms with E-state index in [0.717, 1.165) is 11.3 Å². The Balaban J connectivity index is 1.58. The van der Waals surface area contributed by atoms with Crippen molar-refractivity contribution in [3.63, 3.8) is 0 Å². The van der Waals surface area contributed by atoms with Gasteiger partial charge in [0.2, 0.25) is 17.6 Å². The molecule has 0 spiro atoms. The zero-order chi connectivity index (χ0) is 18.3. The minimum absolute atomic E-state index is 0.0411. The van der Waals surface area contributed by atoms with Crippen LogP contribution in [0.3, 0.4) is 0 Å². The number of amides is 1. The van der Waals surface area contributed by atoms with Crippen LogP contribution in [0.25, 0.3) is 11.4 Å². The number of halogens is 2. The van der Waals surface area contributed by atoms with Crippen LogP contribution in [0, 0.1) is 12.7 Å². The Bertz CT molecular complexity index is 988. The summed E-state index contributed by atoms with van der Waals surface area (Å²) in [4.78, 5) is 18.4. The maximum atomic E-state index is 13.9. The average molecular weight is 372 g/mol. The van der Waals surface area contributed by atoms with E-state index in [1.54, 1.807) is 29.2 Å². The van der Waals surface area contributed by atoms with Gasteiger partial charge in [-0.3, -0.25) is 4.79 Å². The molecule has 1 atom stereocenters. The molecule has 3 aromatic rings. The predicted octanol–water partition coefficient (Wildman–Crippen LogP) is 4.36. The van der Waals surface area contributed by atoms with Crippen LogP contribution < -0.4 is 4.90 Å². The van der Waals surface area contributed by atoms with Crippen LogP contribution >= 0.6 is 11.6 Å². The number of nitrogens with zero attached hydrogens (tertiary/aromatic N) is 3. The third kappa shape index (κ3) is 2.97. The van der Waals surface area contributed by atoms with Crippen molar-refractivity contribution >= 4 is 23.2 Å². The number of hydrogen-bond acceptors (Lipinski definition) is 4. The van der Waals surface area contributed by atoms with E-state index >= 15 is 0 Å². The molecule has 1 saturated heterocycles. The molecule has 0 unspecified atom stereocenters. The van der Waals surface area contributed by atoms with Crippen LogP contribution in [0.15, 0.2) is 47.0 Å². The van der Waals surface area contributed by atoms with Crippen molar-refractivity contribution in [1.82, 2.24) is 10.1 Å². The van der Waals surface area contributed by atoms with Gasteiger partial charge in [-0.15, -0.1) is 0 Å². The third-order valence-corrected chi connectivity index (χ3v) is 4.91. The summed E-state index contributed by atoms with van der Waals surface area (Å²) in [5.74, 6) is -0.186. The minimum Gasteiger partial charge on any atom is -0.339 e. The number of carbonyl (C=O) groups excluding carboxylic acids is 1. The Hall–Kier alpha value is -2.73. The molecule has 2 heterocycles. The molecule has 1 amide bonds. The van der Waals surface area contributed by atoms with E-state index in [1.807, 2.05) is 19.1 Å². The Labute approximate surface area is 154 Å². The fourth-order valence-corrected chi connectivity index (χ4v) is 3.20. The molecule has 1 aliphatic heterocycles. The van der Waals surface area contributed by atoms with E-state index < -0.39 is 5.82 Å². The number of aromatic nitrogens is 2. The fourth-order valence-electron chi connectivity index (χ4n) is 3.03. The number of hydrogen-bond donors (Lipinski definition) is 0. The van der Waals surface area contributed by atoms with Gasteiger partial charge in [0.1, 0.15) is 5.82 Å². The molecular weight excluding hydrogens is 357 g/mol. The first-order chi connectivity index (χ1) is 12.5. The molecule has 7 heteroatoms. The summed E-state index contributed by atoms with van der Waals surface area (Å²) in [6.07, 6.45) is 0.254. The smallest absolute Gasteiger partial charge is 0.232 e. The predicted molar refractivity (Wildman–Crippen MR) is 95.6 cm³/mol. The van der Waals surface area contributed by atoms with Crippen LogP contribution in [-0.2, 0) is 4.79 Å². The van der Waals surface area contributed by atoms with E-state index in [4.69, 9.17) is 16.1 Å². The maximum absolute atomic E-state index is 13.9. The lowest BCUT2D eigenvalue weighted by atomic mass is 10.1. The molecule has 1 fully saturated rings. The average Bonchev–Trinajstić information content (AvgIpc) is 3.25.